The monoisotopic (exact) mass is 354 g/mol. The first kappa shape index (κ1) is 15.3. The Morgan fingerprint density at radius 3 is 2.59 bits per heavy atom. The molecule has 0 fully saturated rings. The normalized spacial score (nSPS) is 11.7. The molecule has 5 rings (SSSR count). The molecular weight excluding hydrogens is 340 g/mol. The molecule has 0 aliphatic heterocycles. The molecule has 0 spiro atoms. The van der Waals surface area contributed by atoms with E-state index in [0.717, 1.165) is 21.5 Å². The molecule has 0 saturated heterocycles. The van der Waals surface area contributed by atoms with Crippen LogP contribution < -0.4 is 5.43 Å². The number of benzene rings is 3. The van der Waals surface area contributed by atoms with Gasteiger partial charge in [0.1, 0.15) is 12.1 Å². The molecule has 0 atom stereocenters. The third-order valence-corrected chi connectivity index (χ3v) is 4.47. The molecular formula is C20H14N6O. The minimum absolute atomic E-state index is 0.173. The molecule has 5 aromatic rings. The summed E-state index contributed by atoms with van der Waals surface area (Å²) in [6, 6.07) is 19.2. The van der Waals surface area contributed by atoms with Crippen molar-refractivity contribution < 1.29 is 5.11 Å². The zero-order valence-electron chi connectivity index (χ0n) is 14.1. The standard InChI is InChI=1S/C20H14N6O/c27-18-10-9-13-5-1-2-6-14(13)17(18)11-21-23-19-15-7-3-4-8-16(15)20-24-22-12-26(20)25-19/h1-12,27H,(H,23,25)/b21-11-. The Morgan fingerprint density at radius 2 is 1.70 bits per heavy atom. The molecule has 0 unspecified atom stereocenters. The number of anilines is 1. The summed E-state index contributed by atoms with van der Waals surface area (Å²) in [5.74, 6) is 0.750. The largest absolute Gasteiger partial charge is 0.507 e. The number of phenols is 1. The zero-order chi connectivity index (χ0) is 18.2. The molecule has 130 valence electrons. The smallest absolute Gasteiger partial charge is 0.185 e. The van der Waals surface area contributed by atoms with Crippen LogP contribution in [-0.2, 0) is 0 Å². The summed E-state index contributed by atoms with van der Waals surface area (Å²) in [6.45, 7) is 0. The quantitative estimate of drug-likeness (QED) is 0.382. The maximum atomic E-state index is 10.2. The fraction of sp³-hybridized carbons (Fsp3) is 0. The van der Waals surface area contributed by atoms with Gasteiger partial charge >= 0.3 is 0 Å². The van der Waals surface area contributed by atoms with E-state index in [1.807, 2.05) is 54.6 Å². The number of hydrogen-bond acceptors (Lipinski definition) is 6. The van der Waals surface area contributed by atoms with Crippen LogP contribution >= 0.6 is 0 Å². The van der Waals surface area contributed by atoms with Crippen LogP contribution in [0.15, 0.2) is 72.1 Å². The second kappa shape index (κ2) is 6.06. The van der Waals surface area contributed by atoms with Gasteiger partial charge in [0.2, 0.25) is 0 Å². The van der Waals surface area contributed by atoms with Gasteiger partial charge in [0.15, 0.2) is 11.5 Å². The Morgan fingerprint density at radius 1 is 0.926 bits per heavy atom. The summed E-state index contributed by atoms with van der Waals surface area (Å²) in [5, 5.41) is 30.8. The first-order chi connectivity index (χ1) is 13.3. The molecule has 0 amide bonds. The van der Waals surface area contributed by atoms with Gasteiger partial charge in [-0.3, -0.25) is 5.43 Å². The highest BCUT2D eigenvalue weighted by Crippen LogP contribution is 2.26. The average molecular weight is 354 g/mol. The number of nitrogens with zero attached hydrogens (tertiary/aromatic N) is 5. The van der Waals surface area contributed by atoms with E-state index in [-0.39, 0.29) is 5.75 Å². The summed E-state index contributed by atoms with van der Waals surface area (Å²) in [5.41, 5.74) is 4.32. The molecule has 2 heterocycles. The minimum Gasteiger partial charge on any atom is -0.507 e. The third kappa shape index (κ3) is 2.53. The zero-order valence-corrected chi connectivity index (χ0v) is 14.1. The maximum absolute atomic E-state index is 10.2. The van der Waals surface area contributed by atoms with Crippen molar-refractivity contribution in [2.24, 2.45) is 5.10 Å². The predicted octanol–water partition coefficient (Wildman–Crippen LogP) is 3.58. The Hall–Kier alpha value is -4.00. The number of aromatic hydroxyl groups is 1. The predicted molar refractivity (Wildman–Crippen MR) is 105 cm³/mol. The highest BCUT2D eigenvalue weighted by molar-refractivity contribution is 6.03. The SMILES string of the molecule is Oc1ccc2ccccc2c1/C=N\Nc1nn2cnnc2c2ccccc12. The highest BCUT2D eigenvalue weighted by atomic mass is 16.3. The van der Waals surface area contributed by atoms with Crippen LogP contribution in [-0.4, -0.2) is 31.1 Å². The molecule has 0 saturated carbocycles. The number of rotatable bonds is 3. The van der Waals surface area contributed by atoms with Gasteiger partial charge in [-0.05, 0) is 16.8 Å². The van der Waals surface area contributed by atoms with Crippen LogP contribution in [0.5, 0.6) is 5.75 Å². The van der Waals surface area contributed by atoms with E-state index < -0.39 is 0 Å². The van der Waals surface area contributed by atoms with E-state index in [2.05, 4.69) is 25.8 Å². The summed E-state index contributed by atoms with van der Waals surface area (Å²) < 4.78 is 1.61. The summed E-state index contributed by atoms with van der Waals surface area (Å²) in [6.07, 6.45) is 3.15. The lowest BCUT2D eigenvalue weighted by Gasteiger charge is -2.07. The molecule has 2 aromatic heterocycles. The fourth-order valence-electron chi connectivity index (χ4n) is 3.19. The van der Waals surface area contributed by atoms with Gasteiger partial charge in [0.05, 0.1) is 6.21 Å². The molecule has 27 heavy (non-hydrogen) atoms. The van der Waals surface area contributed by atoms with Gasteiger partial charge in [-0.1, -0.05) is 54.6 Å². The van der Waals surface area contributed by atoms with Gasteiger partial charge < -0.3 is 5.11 Å². The van der Waals surface area contributed by atoms with Crippen LogP contribution in [0.2, 0.25) is 0 Å². The van der Waals surface area contributed by atoms with Crippen molar-refractivity contribution in [1.82, 2.24) is 19.8 Å². The molecule has 2 N–H and O–H groups in total. The Labute approximate surface area is 153 Å². The van der Waals surface area contributed by atoms with Crippen molar-refractivity contribution >= 4 is 39.2 Å². The van der Waals surface area contributed by atoms with Crippen molar-refractivity contribution in [3.8, 4) is 5.75 Å². The van der Waals surface area contributed by atoms with Crippen molar-refractivity contribution in [3.63, 3.8) is 0 Å². The first-order valence-electron chi connectivity index (χ1n) is 8.40. The van der Waals surface area contributed by atoms with Crippen molar-refractivity contribution in [2.75, 3.05) is 5.43 Å². The minimum atomic E-state index is 0.173. The van der Waals surface area contributed by atoms with Crippen LogP contribution in [0.25, 0.3) is 27.2 Å². The third-order valence-electron chi connectivity index (χ3n) is 4.47. The maximum Gasteiger partial charge on any atom is 0.185 e. The summed E-state index contributed by atoms with van der Waals surface area (Å²) >= 11 is 0. The summed E-state index contributed by atoms with van der Waals surface area (Å²) in [4.78, 5) is 0. The molecule has 7 nitrogen and oxygen atoms in total. The fourth-order valence-corrected chi connectivity index (χ4v) is 3.19. The molecule has 3 aromatic carbocycles. The van der Waals surface area contributed by atoms with Gasteiger partial charge in [0.25, 0.3) is 0 Å². The van der Waals surface area contributed by atoms with Gasteiger partial charge in [-0.25, -0.2) is 0 Å². The Kier molecular flexibility index (Phi) is 3.43. The lowest BCUT2D eigenvalue weighted by Crippen LogP contribution is -2.00. The number of hydrogen-bond donors (Lipinski definition) is 2. The molecule has 0 bridgehead atoms. The van der Waals surface area contributed by atoms with Gasteiger partial charge in [-0.15, -0.1) is 15.3 Å². The van der Waals surface area contributed by atoms with Crippen molar-refractivity contribution in [1.29, 1.82) is 0 Å². The lowest BCUT2D eigenvalue weighted by molar-refractivity contribution is 0.475. The molecule has 0 aliphatic rings. The lowest BCUT2D eigenvalue weighted by atomic mass is 10.0. The van der Waals surface area contributed by atoms with Crippen LogP contribution in [0, 0.1) is 0 Å². The number of phenolic OH excluding ortho intramolecular Hbond substituents is 1. The van der Waals surface area contributed by atoms with E-state index in [9.17, 15) is 5.11 Å². The van der Waals surface area contributed by atoms with Gasteiger partial charge in [-0.2, -0.15) is 9.62 Å². The van der Waals surface area contributed by atoms with Gasteiger partial charge in [0, 0.05) is 16.3 Å². The van der Waals surface area contributed by atoms with Crippen LogP contribution in [0.1, 0.15) is 5.56 Å². The first-order valence-corrected chi connectivity index (χ1v) is 8.40. The van der Waals surface area contributed by atoms with E-state index in [1.165, 1.54) is 0 Å². The number of hydrazone groups is 1. The molecule has 7 heteroatoms. The topological polar surface area (TPSA) is 87.7 Å². The van der Waals surface area contributed by atoms with Crippen molar-refractivity contribution in [2.45, 2.75) is 0 Å². The van der Waals surface area contributed by atoms with Crippen LogP contribution in [0.3, 0.4) is 0 Å². The Balaban J connectivity index is 1.58. The van der Waals surface area contributed by atoms with Crippen molar-refractivity contribution in [3.05, 3.63) is 72.6 Å². The summed E-state index contributed by atoms with van der Waals surface area (Å²) in [7, 11) is 0. The van der Waals surface area contributed by atoms with E-state index in [4.69, 9.17) is 0 Å². The molecule has 0 aliphatic carbocycles. The number of nitrogens with one attached hydrogen (secondary N) is 1. The molecule has 0 radical (unpaired) electrons. The number of aromatic nitrogens is 4. The number of fused-ring (bicyclic) bond motifs is 4. The van der Waals surface area contributed by atoms with E-state index in [0.29, 0.717) is 17.0 Å². The second-order valence-electron chi connectivity index (χ2n) is 6.08. The highest BCUT2D eigenvalue weighted by Gasteiger charge is 2.09. The van der Waals surface area contributed by atoms with Crippen LogP contribution in [0.4, 0.5) is 5.82 Å². The average Bonchev–Trinajstić information content (AvgIpc) is 3.18. The Bertz CT molecular complexity index is 1320. The second-order valence-corrected chi connectivity index (χ2v) is 6.08. The van der Waals surface area contributed by atoms with E-state index >= 15 is 0 Å². The van der Waals surface area contributed by atoms with E-state index in [1.54, 1.807) is 23.1 Å².